The monoisotopic (exact) mass is 352 g/mol. The van der Waals surface area contributed by atoms with Gasteiger partial charge >= 0.3 is 5.97 Å². The molecule has 0 amide bonds. The first-order chi connectivity index (χ1) is 12.6. The van der Waals surface area contributed by atoms with Crippen molar-refractivity contribution in [1.29, 1.82) is 0 Å². The lowest BCUT2D eigenvalue weighted by molar-refractivity contribution is -0.148. The fourth-order valence-corrected chi connectivity index (χ4v) is 3.00. The maximum absolute atomic E-state index is 12.9. The summed E-state index contributed by atoms with van der Waals surface area (Å²) in [6.45, 7) is 5.61. The molecule has 136 valence electrons. The molecule has 4 nitrogen and oxygen atoms in total. The van der Waals surface area contributed by atoms with Crippen molar-refractivity contribution in [1.82, 2.24) is 0 Å². The van der Waals surface area contributed by atoms with Crippen LogP contribution in [0.3, 0.4) is 0 Å². The highest BCUT2D eigenvalue weighted by molar-refractivity contribution is 5.98. The molecule has 26 heavy (non-hydrogen) atoms. The topological polar surface area (TPSA) is 63.6 Å². The van der Waals surface area contributed by atoms with Gasteiger partial charge in [-0.1, -0.05) is 66.7 Å². The Balaban J connectivity index is 2.39. The summed E-state index contributed by atoms with van der Waals surface area (Å²) in [5.41, 5.74) is 1.11. The van der Waals surface area contributed by atoms with Gasteiger partial charge in [0.2, 0.25) is 0 Å². The van der Waals surface area contributed by atoms with Gasteiger partial charge in [-0.15, -0.1) is 6.58 Å². The van der Waals surface area contributed by atoms with Crippen LogP contribution in [0.2, 0.25) is 0 Å². The van der Waals surface area contributed by atoms with Gasteiger partial charge in [-0.2, -0.15) is 0 Å². The van der Waals surface area contributed by atoms with E-state index in [0.717, 1.165) is 0 Å². The fourth-order valence-electron chi connectivity index (χ4n) is 3.00. The minimum absolute atomic E-state index is 0.202. The molecule has 0 spiro atoms. The van der Waals surface area contributed by atoms with Crippen molar-refractivity contribution in [3.8, 4) is 0 Å². The second-order valence-electron chi connectivity index (χ2n) is 5.99. The molecule has 0 aliphatic carbocycles. The number of Topliss-reactive ketones (excluding diaryl/α,β-unsaturated/α-hetero) is 1. The normalized spacial score (nSPS) is 14.1. The Kier molecular flexibility index (Phi) is 7.30. The fraction of sp³-hybridized carbons (Fsp3) is 0.273. The largest absolute Gasteiger partial charge is 0.465 e. The van der Waals surface area contributed by atoms with E-state index in [1.807, 2.05) is 12.1 Å². The van der Waals surface area contributed by atoms with Crippen LogP contribution < -0.4 is 0 Å². The maximum atomic E-state index is 12.9. The Bertz CT molecular complexity index is 724. The molecule has 2 aromatic rings. The standard InChI is InChI=1S/C22H24O4/c1-3-11-18(20(23)17-14-9-6-10-15-17)21(24)19(22(25)26-4-2)16-12-7-5-8-13-16/h3,5-10,12-15,18-19,21,24H,1,4,11H2,2H3/t18-,19?,21+/m1/s1. The summed E-state index contributed by atoms with van der Waals surface area (Å²) in [7, 11) is 0. The SMILES string of the molecule is C=CC[C@H](C(=O)c1ccccc1)[C@H](O)C(C(=O)OCC)c1ccccc1. The molecular weight excluding hydrogens is 328 g/mol. The average Bonchev–Trinajstić information content (AvgIpc) is 2.67. The van der Waals surface area contributed by atoms with E-state index < -0.39 is 23.9 Å². The number of ether oxygens (including phenoxy) is 1. The molecule has 0 saturated heterocycles. The van der Waals surface area contributed by atoms with Crippen LogP contribution in [0.15, 0.2) is 73.3 Å². The van der Waals surface area contributed by atoms with Crippen molar-refractivity contribution in [2.45, 2.75) is 25.4 Å². The van der Waals surface area contributed by atoms with Crippen LogP contribution in [0, 0.1) is 5.92 Å². The molecule has 3 atom stereocenters. The Morgan fingerprint density at radius 1 is 1.08 bits per heavy atom. The maximum Gasteiger partial charge on any atom is 0.316 e. The van der Waals surface area contributed by atoms with Gasteiger partial charge in [-0.3, -0.25) is 9.59 Å². The zero-order chi connectivity index (χ0) is 18.9. The number of ketones is 1. The number of carbonyl (C=O) groups is 2. The number of carbonyl (C=O) groups excluding carboxylic acids is 2. The number of aliphatic hydroxyl groups is 1. The van der Waals surface area contributed by atoms with E-state index in [-0.39, 0.29) is 18.8 Å². The molecule has 0 bridgehead atoms. The number of allylic oxidation sites excluding steroid dienone is 1. The Morgan fingerprint density at radius 2 is 1.65 bits per heavy atom. The van der Waals surface area contributed by atoms with Gasteiger partial charge in [0, 0.05) is 5.56 Å². The summed E-state index contributed by atoms with van der Waals surface area (Å²) < 4.78 is 5.16. The second-order valence-corrected chi connectivity index (χ2v) is 5.99. The summed E-state index contributed by atoms with van der Waals surface area (Å²) in [5.74, 6) is -2.48. The summed E-state index contributed by atoms with van der Waals surface area (Å²) in [5, 5.41) is 11.0. The molecule has 1 unspecified atom stereocenters. The van der Waals surface area contributed by atoms with E-state index in [0.29, 0.717) is 11.1 Å². The van der Waals surface area contributed by atoms with Gasteiger partial charge < -0.3 is 9.84 Å². The number of aliphatic hydroxyl groups excluding tert-OH is 1. The van der Waals surface area contributed by atoms with Crippen molar-refractivity contribution in [3.63, 3.8) is 0 Å². The van der Waals surface area contributed by atoms with Crippen LogP contribution in [-0.2, 0) is 9.53 Å². The molecule has 4 heteroatoms. The molecule has 0 aromatic heterocycles. The van der Waals surface area contributed by atoms with Gasteiger partial charge in [0.1, 0.15) is 5.92 Å². The van der Waals surface area contributed by atoms with E-state index in [2.05, 4.69) is 6.58 Å². The first kappa shape index (κ1) is 19.6. The van der Waals surface area contributed by atoms with Gasteiger partial charge in [0.05, 0.1) is 18.6 Å². The molecule has 2 aromatic carbocycles. The van der Waals surface area contributed by atoms with Crippen molar-refractivity contribution in [2.24, 2.45) is 5.92 Å². The smallest absolute Gasteiger partial charge is 0.316 e. The minimum Gasteiger partial charge on any atom is -0.465 e. The summed E-state index contributed by atoms with van der Waals surface area (Å²) >= 11 is 0. The molecule has 1 N–H and O–H groups in total. The van der Waals surface area contributed by atoms with Crippen LogP contribution in [0.1, 0.15) is 35.2 Å². The van der Waals surface area contributed by atoms with Crippen LogP contribution >= 0.6 is 0 Å². The Labute approximate surface area is 154 Å². The van der Waals surface area contributed by atoms with E-state index in [9.17, 15) is 14.7 Å². The zero-order valence-corrected chi connectivity index (χ0v) is 14.9. The van der Waals surface area contributed by atoms with E-state index in [4.69, 9.17) is 4.74 Å². The Hall–Kier alpha value is -2.72. The summed E-state index contributed by atoms with van der Waals surface area (Å²) in [6.07, 6.45) is 0.627. The third-order valence-corrected chi connectivity index (χ3v) is 4.27. The molecule has 2 rings (SSSR count). The van der Waals surface area contributed by atoms with Gasteiger partial charge in [-0.05, 0) is 18.9 Å². The zero-order valence-electron chi connectivity index (χ0n) is 14.9. The molecule has 0 saturated carbocycles. The first-order valence-electron chi connectivity index (χ1n) is 8.70. The number of hydrogen-bond acceptors (Lipinski definition) is 4. The van der Waals surface area contributed by atoms with Crippen LogP contribution in [-0.4, -0.2) is 29.6 Å². The highest BCUT2D eigenvalue weighted by Crippen LogP contribution is 2.30. The summed E-state index contributed by atoms with van der Waals surface area (Å²) in [6, 6.07) is 17.7. The van der Waals surface area contributed by atoms with Crippen molar-refractivity contribution in [2.75, 3.05) is 6.61 Å². The second kappa shape index (κ2) is 9.68. The predicted molar refractivity (Wildman–Crippen MR) is 101 cm³/mol. The number of rotatable bonds is 9. The molecule has 0 fully saturated rings. The van der Waals surface area contributed by atoms with Gasteiger partial charge in [-0.25, -0.2) is 0 Å². The lowest BCUT2D eigenvalue weighted by atomic mass is 9.80. The quantitative estimate of drug-likeness (QED) is 0.424. The van der Waals surface area contributed by atoms with Gasteiger partial charge in [0.25, 0.3) is 0 Å². The van der Waals surface area contributed by atoms with Crippen LogP contribution in [0.5, 0.6) is 0 Å². The predicted octanol–water partition coefficient (Wildman–Crippen LogP) is 3.77. The van der Waals surface area contributed by atoms with Crippen LogP contribution in [0.4, 0.5) is 0 Å². The van der Waals surface area contributed by atoms with Crippen molar-refractivity contribution in [3.05, 3.63) is 84.4 Å². The third-order valence-electron chi connectivity index (χ3n) is 4.27. The van der Waals surface area contributed by atoms with Crippen molar-refractivity contribution < 1.29 is 19.4 Å². The molecule has 0 radical (unpaired) electrons. The average molecular weight is 352 g/mol. The molecule has 0 heterocycles. The van der Waals surface area contributed by atoms with E-state index >= 15 is 0 Å². The number of esters is 1. The number of benzene rings is 2. The first-order valence-corrected chi connectivity index (χ1v) is 8.70. The van der Waals surface area contributed by atoms with Crippen molar-refractivity contribution >= 4 is 11.8 Å². The minimum atomic E-state index is -1.22. The van der Waals surface area contributed by atoms with E-state index in [1.165, 1.54) is 0 Å². The summed E-state index contributed by atoms with van der Waals surface area (Å²) in [4.78, 5) is 25.5. The highest BCUT2D eigenvalue weighted by atomic mass is 16.5. The molecule has 0 aliphatic heterocycles. The molecular formula is C22H24O4. The van der Waals surface area contributed by atoms with Crippen LogP contribution in [0.25, 0.3) is 0 Å². The third kappa shape index (κ3) is 4.67. The van der Waals surface area contributed by atoms with E-state index in [1.54, 1.807) is 61.5 Å². The lowest BCUT2D eigenvalue weighted by Gasteiger charge is -2.27. The molecule has 0 aliphatic rings. The Morgan fingerprint density at radius 3 is 2.19 bits per heavy atom. The van der Waals surface area contributed by atoms with Gasteiger partial charge in [0.15, 0.2) is 5.78 Å². The lowest BCUT2D eigenvalue weighted by Crippen LogP contribution is -2.37. The highest BCUT2D eigenvalue weighted by Gasteiger charge is 2.38. The number of hydrogen-bond donors (Lipinski definition) is 1.